The standard InChI is InChI=1S/C15H20O3/c1-10-8-12(16)9-11-6-5-7-15(10,11)13(17)18-14(2,3)4/h8-9H,5-7H2,1-4H3. The van der Waals surface area contributed by atoms with E-state index in [1.165, 1.54) is 0 Å². The predicted octanol–water partition coefficient (Wildman–Crippen LogP) is 2.95. The summed E-state index contributed by atoms with van der Waals surface area (Å²) in [5.74, 6) is -0.219. The zero-order valence-electron chi connectivity index (χ0n) is 11.5. The van der Waals surface area contributed by atoms with Crippen LogP contribution >= 0.6 is 0 Å². The van der Waals surface area contributed by atoms with Gasteiger partial charge in [-0.15, -0.1) is 0 Å². The molecule has 2 aliphatic carbocycles. The maximum Gasteiger partial charge on any atom is 0.320 e. The van der Waals surface area contributed by atoms with Crippen LogP contribution in [0.3, 0.4) is 0 Å². The first-order valence-electron chi connectivity index (χ1n) is 6.43. The predicted molar refractivity (Wildman–Crippen MR) is 69.0 cm³/mol. The molecule has 0 heterocycles. The third-order valence-corrected chi connectivity index (χ3v) is 3.64. The lowest BCUT2D eigenvalue weighted by atomic mass is 9.72. The van der Waals surface area contributed by atoms with Crippen LogP contribution in [0.15, 0.2) is 23.3 Å². The molecule has 3 nitrogen and oxygen atoms in total. The molecule has 0 N–H and O–H groups in total. The largest absolute Gasteiger partial charge is 0.459 e. The van der Waals surface area contributed by atoms with Crippen molar-refractivity contribution in [2.45, 2.75) is 52.6 Å². The van der Waals surface area contributed by atoms with Gasteiger partial charge in [-0.3, -0.25) is 9.59 Å². The van der Waals surface area contributed by atoms with Crippen molar-refractivity contribution >= 4 is 11.8 Å². The van der Waals surface area contributed by atoms with Gasteiger partial charge in [0.1, 0.15) is 11.0 Å². The molecule has 0 radical (unpaired) electrons. The van der Waals surface area contributed by atoms with Crippen LogP contribution in [0.2, 0.25) is 0 Å². The number of hydrogen-bond acceptors (Lipinski definition) is 3. The second kappa shape index (κ2) is 4.08. The van der Waals surface area contributed by atoms with Crippen LogP contribution in [0.1, 0.15) is 47.0 Å². The first-order valence-corrected chi connectivity index (χ1v) is 6.43. The lowest BCUT2D eigenvalue weighted by Crippen LogP contribution is -2.39. The van der Waals surface area contributed by atoms with E-state index in [0.29, 0.717) is 0 Å². The molecule has 1 unspecified atom stereocenters. The Morgan fingerprint density at radius 3 is 2.61 bits per heavy atom. The van der Waals surface area contributed by atoms with E-state index in [1.807, 2.05) is 27.7 Å². The van der Waals surface area contributed by atoms with Gasteiger partial charge in [0.15, 0.2) is 5.78 Å². The van der Waals surface area contributed by atoms with Crippen molar-refractivity contribution < 1.29 is 14.3 Å². The highest BCUT2D eigenvalue weighted by Gasteiger charge is 2.50. The summed E-state index contributed by atoms with van der Waals surface area (Å²) in [4.78, 5) is 24.1. The number of carbonyl (C=O) groups is 2. The number of esters is 1. The fourth-order valence-corrected chi connectivity index (χ4v) is 2.87. The van der Waals surface area contributed by atoms with Crippen molar-refractivity contribution in [3.8, 4) is 0 Å². The second-order valence-electron chi connectivity index (χ2n) is 6.16. The number of carbonyl (C=O) groups excluding carboxylic acids is 2. The molecule has 2 rings (SSSR count). The Labute approximate surface area is 108 Å². The van der Waals surface area contributed by atoms with E-state index in [-0.39, 0.29) is 11.8 Å². The summed E-state index contributed by atoms with van der Waals surface area (Å²) < 4.78 is 5.56. The third-order valence-electron chi connectivity index (χ3n) is 3.64. The number of hydrogen-bond donors (Lipinski definition) is 0. The molecular formula is C15H20O3. The Kier molecular flexibility index (Phi) is 2.96. The maximum atomic E-state index is 12.5. The lowest BCUT2D eigenvalue weighted by molar-refractivity contribution is -0.162. The van der Waals surface area contributed by atoms with E-state index in [9.17, 15) is 9.59 Å². The molecule has 18 heavy (non-hydrogen) atoms. The van der Waals surface area contributed by atoms with Gasteiger partial charge in [-0.2, -0.15) is 0 Å². The molecule has 2 aliphatic rings. The van der Waals surface area contributed by atoms with E-state index in [1.54, 1.807) is 12.2 Å². The number of ether oxygens (including phenoxy) is 1. The number of rotatable bonds is 1. The molecule has 0 bridgehead atoms. The highest BCUT2D eigenvalue weighted by atomic mass is 16.6. The first-order chi connectivity index (χ1) is 8.25. The SMILES string of the molecule is CC1=CC(=O)C=C2CCCC12C(=O)OC(C)(C)C. The van der Waals surface area contributed by atoms with Gasteiger partial charge in [0.25, 0.3) is 0 Å². The minimum atomic E-state index is -0.665. The summed E-state index contributed by atoms with van der Waals surface area (Å²) in [6, 6.07) is 0. The molecule has 0 saturated heterocycles. The highest BCUT2D eigenvalue weighted by molar-refractivity contribution is 6.05. The molecule has 1 saturated carbocycles. The molecule has 0 aromatic heterocycles. The van der Waals surface area contributed by atoms with Gasteiger partial charge in [-0.05, 0) is 70.3 Å². The van der Waals surface area contributed by atoms with Gasteiger partial charge in [0.05, 0.1) is 0 Å². The van der Waals surface area contributed by atoms with Crippen LogP contribution in [0.25, 0.3) is 0 Å². The summed E-state index contributed by atoms with van der Waals surface area (Å²) in [6.45, 7) is 7.47. The second-order valence-corrected chi connectivity index (χ2v) is 6.16. The topological polar surface area (TPSA) is 43.4 Å². The molecule has 0 aromatic carbocycles. The van der Waals surface area contributed by atoms with Crippen LogP contribution < -0.4 is 0 Å². The first kappa shape index (κ1) is 13.1. The van der Waals surface area contributed by atoms with E-state index in [0.717, 1.165) is 30.4 Å². The highest BCUT2D eigenvalue weighted by Crippen LogP contribution is 2.51. The van der Waals surface area contributed by atoms with Crippen molar-refractivity contribution in [1.82, 2.24) is 0 Å². The smallest absolute Gasteiger partial charge is 0.320 e. The van der Waals surface area contributed by atoms with Crippen LogP contribution in [0.4, 0.5) is 0 Å². The van der Waals surface area contributed by atoms with Crippen molar-refractivity contribution in [1.29, 1.82) is 0 Å². The number of allylic oxidation sites excluding steroid dienone is 2. The van der Waals surface area contributed by atoms with Gasteiger partial charge in [-0.1, -0.05) is 0 Å². The average Bonchev–Trinajstić information content (AvgIpc) is 2.59. The van der Waals surface area contributed by atoms with Gasteiger partial charge in [0.2, 0.25) is 0 Å². The number of ketones is 1. The van der Waals surface area contributed by atoms with E-state index in [2.05, 4.69) is 0 Å². The van der Waals surface area contributed by atoms with Crippen LogP contribution in [-0.2, 0) is 14.3 Å². The molecule has 0 amide bonds. The fraction of sp³-hybridized carbons (Fsp3) is 0.600. The normalized spacial score (nSPS) is 27.4. The summed E-state index contributed by atoms with van der Waals surface area (Å²) in [5, 5.41) is 0. The summed E-state index contributed by atoms with van der Waals surface area (Å²) >= 11 is 0. The van der Waals surface area contributed by atoms with Gasteiger partial charge >= 0.3 is 5.97 Å². The van der Waals surface area contributed by atoms with Crippen molar-refractivity contribution in [3.05, 3.63) is 23.3 Å². The quantitative estimate of drug-likeness (QED) is 0.670. The van der Waals surface area contributed by atoms with Gasteiger partial charge < -0.3 is 4.74 Å². The fourth-order valence-electron chi connectivity index (χ4n) is 2.87. The molecule has 0 spiro atoms. The monoisotopic (exact) mass is 248 g/mol. The summed E-state index contributed by atoms with van der Waals surface area (Å²) in [5.41, 5.74) is 0.598. The molecule has 0 aromatic rings. The van der Waals surface area contributed by atoms with Crippen LogP contribution in [-0.4, -0.2) is 17.4 Å². The lowest BCUT2D eigenvalue weighted by Gasteiger charge is -2.34. The van der Waals surface area contributed by atoms with Crippen molar-refractivity contribution in [2.75, 3.05) is 0 Å². The van der Waals surface area contributed by atoms with E-state index < -0.39 is 11.0 Å². The minimum Gasteiger partial charge on any atom is -0.459 e. The Balaban J connectivity index is 2.39. The Morgan fingerprint density at radius 2 is 2.00 bits per heavy atom. The van der Waals surface area contributed by atoms with Gasteiger partial charge in [0, 0.05) is 0 Å². The molecule has 98 valence electrons. The van der Waals surface area contributed by atoms with Crippen molar-refractivity contribution in [2.24, 2.45) is 5.41 Å². The van der Waals surface area contributed by atoms with Crippen molar-refractivity contribution in [3.63, 3.8) is 0 Å². The Morgan fingerprint density at radius 1 is 1.33 bits per heavy atom. The van der Waals surface area contributed by atoms with Crippen LogP contribution in [0, 0.1) is 5.41 Å². The minimum absolute atomic E-state index is 0.0106. The van der Waals surface area contributed by atoms with Crippen LogP contribution in [0.5, 0.6) is 0 Å². The summed E-state index contributed by atoms with van der Waals surface area (Å²) in [6.07, 6.45) is 5.69. The molecular weight excluding hydrogens is 228 g/mol. The zero-order chi connectivity index (χ0) is 13.6. The Hall–Kier alpha value is -1.38. The summed E-state index contributed by atoms with van der Waals surface area (Å²) in [7, 11) is 0. The third kappa shape index (κ3) is 2.02. The molecule has 1 atom stereocenters. The maximum absolute atomic E-state index is 12.5. The average molecular weight is 248 g/mol. The van der Waals surface area contributed by atoms with Gasteiger partial charge in [-0.25, -0.2) is 0 Å². The van der Waals surface area contributed by atoms with E-state index in [4.69, 9.17) is 4.74 Å². The molecule has 1 fully saturated rings. The Bertz CT molecular complexity index is 463. The zero-order valence-corrected chi connectivity index (χ0v) is 11.5. The molecule has 0 aliphatic heterocycles. The van der Waals surface area contributed by atoms with E-state index >= 15 is 0 Å². The molecule has 3 heteroatoms. The number of fused-ring (bicyclic) bond motifs is 1.